The van der Waals surface area contributed by atoms with Crippen molar-refractivity contribution >= 4 is 29.6 Å². The average molecular weight is 398 g/mol. The quantitative estimate of drug-likeness (QED) is 0.520. The fourth-order valence-electron chi connectivity index (χ4n) is 3.04. The van der Waals surface area contributed by atoms with E-state index < -0.39 is 17.8 Å². The van der Waals surface area contributed by atoms with E-state index in [0.717, 1.165) is 10.5 Å². The normalized spacial score (nSPS) is 15.3. The molecule has 1 fully saturated rings. The van der Waals surface area contributed by atoms with Crippen LogP contribution in [-0.2, 0) is 9.59 Å². The molecular weight excluding hydrogens is 380 g/mol. The third-order valence-corrected chi connectivity index (χ3v) is 4.54. The summed E-state index contributed by atoms with van der Waals surface area (Å²) in [4.78, 5) is 38.5. The Balaban J connectivity index is 1.64. The fraction of sp³-hybridized carbons (Fsp3) is 0.0417. The van der Waals surface area contributed by atoms with Crippen LogP contribution in [0.15, 0.2) is 84.4 Å². The van der Waals surface area contributed by atoms with Crippen molar-refractivity contribution in [1.29, 1.82) is 0 Å². The molecule has 30 heavy (non-hydrogen) atoms. The number of para-hydroxylation sites is 1. The summed E-state index contributed by atoms with van der Waals surface area (Å²) in [6.07, 6.45) is 1.45. The molecule has 1 saturated heterocycles. The SMILES string of the molecule is Cc1ccc(N2C(=O)NC(=O)/C(=C\c3cccc(Oc4ccccc4)c3)C2=O)cc1. The van der Waals surface area contributed by atoms with Gasteiger partial charge in [0.15, 0.2) is 0 Å². The summed E-state index contributed by atoms with van der Waals surface area (Å²) in [5, 5.41) is 2.23. The minimum absolute atomic E-state index is 0.132. The van der Waals surface area contributed by atoms with Gasteiger partial charge in [-0.1, -0.05) is 48.0 Å². The zero-order chi connectivity index (χ0) is 21.1. The third-order valence-electron chi connectivity index (χ3n) is 4.54. The highest BCUT2D eigenvalue weighted by Gasteiger charge is 2.36. The number of anilines is 1. The van der Waals surface area contributed by atoms with Crippen LogP contribution in [0.3, 0.4) is 0 Å². The Morgan fingerprint density at radius 1 is 0.833 bits per heavy atom. The minimum atomic E-state index is -0.771. The molecular formula is C24H18N2O4. The summed E-state index contributed by atoms with van der Waals surface area (Å²) in [6.45, 7) is 1.90. The Kier molecular flexibility index (Phi) is 5.13. The molecule has 4 rings (SSSR count). The van der Waals surface area contributed by atoms with Gasteiger partial charge in [-0.2, -0.15) is 0 Å². The van der Waals surface area contributed by atoms with Gasteiger partial charge < -0.3 is 4.74 Å². The molecule has 1 N–H and O–H groups in total. The lowest BCUT2D eigenvalue weighted by molar-refractivity contribution is -0.122. The lowest BCUT2D eigenvalue weighted by atomic mass is 10.1. The number of aryl methyl sites for hydroxylation is 1. The van der Waals surface area contributed by atoms with E-state index in [1.54, 1.807) is 48.5 Å². The fourth-order valence-corrected chi connectivity index (χ4v) is 3.04. The first-order chi connectivity index (χ1) is 14.5. The standard InChI is InChI=1S/C24H18N2O4/c1-16-10-12-18(13-11-16)26-23(28)21(22(27)25-24(26)29)15-17-6-5-9-20(14-17)30-19-7-3-2-4-8-19/h2-15H,1H3,(H,25,27,29)/b21-15+. The predicted molar refractivity (Wildman–Crippen MR) is 113 cm³/mol. The van der Waals surface area contributed by atoms with Crippen molar-refractivity contribution in [3.63, 3.8) is 0 Å². The van der Waals surface area contributed by atoms with Gasteiger partial charge in [0.1, 0.15) is 17.1 Å². The number of barbiturate groups is 1. The summed E-state index contributed by atoms with van der Waals surface area (Å²) in [7, 11) is 0. The summed E-state index contributed by atoms with van der Waals surface area (Å²) in [5.74, 6) is -0.180. The largest absolute Gasteiger partial charge is 0.457 e. The van der Waals surface area contributed by atoms with Crippen LogP contribution < -0.4 is 15.0 Å². The zero-order valence-electron chi connectivity index (χ0n) is 16.2. The molecule has 0 unspecified atom stereocenters. The third kappa shape index (κ3) is 3.98. The predicted octanol–water partition coefficient (Wildman–Crippen LogP) is 4.45. The highest BCUT2D eigenvalue weighted by atomic mass is 16.5. The van der Waals surface area contributed by atoms with E-state index in [1.165, 1.54) is 6.08 Å². The first-order valence-electron chi connectivity index (χ1n) is 9.32. The number of urea groups is 1. The summed E-state index contributed by atoms with van der Waals surface area (Å²) in [5.41, 5.74) is 1.85. The molecule has 0 spiro atoms. The van der Waals surface area contributed by atoms with Gasteiger partial charge in [0.2, 0.25) is 0 Å². The van der Waals surface area contributed by atoms with Crippen LogP contribution in [0, 0.1) is 6.92 Å². The second-order valence-corrected chi connectivity index (χ2v) is 6.78. The van der Waals surface area contributed by atoms with Gasteiger partial charge >= 0.3 is 6.03 Å². The Morgan fingerprint density at radius 2 is 1.53 bits per heavy atom. The number of benzene rings is 3. The maximum atomic E-state index is 13.0. The Bertz CT molecular complexity index is 1150. The zero-order valence-corrected chi connectivity index (χ0v) is 16.2. The van der Waals surface area contributed by atoms with Crippen molar-refractivity contribution in [2.75, 3.05) is 4.90 Å². The van der Waals surface area contributed by atoms with Crippen molar-refractivity contribution < 1.29 is 19.1 Å². The maximum absolute atomic E-state index is 13.0. The molecule has 6 nitrogen and oxygen atoms in total. The molecule has 0 aromatic heterocycles. The highest BCUT2D eigenvalue weighted by Crippen LogP contribution is 2.25. The Hall–Kier alpha value is -4.19. The van der Waals surface area contributed by atoms with E-state index in [2.05, 4.69) is 5.32 Å². The lowest BCUT2D eigenvalue weighted by Gasteiger charge is -2.26. The van der Waals surface area contributed by atoms with E-state index in [9.17, 15) is 14.4 Å². The van der Waals surface area contributed by atoms with Crippen LogP contribution in [0.1, 0.15) is 11.1 Å². The number of nitrogens with one attached hydrogen (secondary N) is 1. The highest BCUT2D eigenvalue weighted by molar-refractivity contribution is 6.39. The van der Waals surface area contributed by atoms with Crippen molar-refractivity contribution in [1.82, 2.24) is 5.32 Å². The molecule has 0 aliphatic carbocycles. The van der Waals surface area contributed by atoms with Crippen molar-refractivity contribution in [3.8, 4) is 11.5 Å². The van der Waals surface area contributed by atoms with Gasteiger partial charge in [0.25, 0.3) is 11.8 Å². The molecule has 1 aliphatic heterocycles. The molecule has 0 atom stereocenters. The number of imide groups is 2. The Labute approximate surface area is 173 Å². The smallest absolute Gasteiger partial charge is 0.335 e. The summed E-state index contributed by atoms with van der Waals surface area (Å²) >= 11 is 0. The van der Waals surface area contributed by atoms with E-state index >= 15 is 0 Å². The van der Waals surface area contributed by atoms with Gasteiger partial charge in [-0.05, 0) is 55.0 Å². The van der Waals surface area contributed by atoms with Crippen LogP contribution in [-0.4, -0.2) is 17.8 Å². The molecule has 1 aliphatic rings. The maximum Gasteiger partial charge on any atom is 0.335 e. The van der Waals surface area contributed by atoms with Gasteiger partial charge in [0.05, 0.1) is 5.69 Å². The van der Waals surface area contributed by atoms with Gasteiger partial charge in [0, 0.05) is 0 Å². The minimum Gasteiger partial charge on any atom is -0.457 e. The summed E-state index contributed by atoms with van der Waals surface area (Å²) in [6, 6.07) is 22.4. The van der Waals surface area contributed by atoms with Crippen molar-refractivity contribution in [3.05, 3.63) is 95.6 Å². The molecule has 4 amide bonds. The molecule has 148 valence electrons. The second-order valence-electron chi connectivity index (χ2n) is 6.78. The van der Waals surface area contributed by atoms with Crippen LogP contribution in [0.4, 0.5) is 10.5 Å². The van der Waals surface area contributed by atoms with E-state index in [4.69, 9.17) is 4.74 Å². The number of ether oxygens (including phenoxy) is 1. The first kappa shape index (κ1) is 19.1. The van der Waals surface area contributed by atoms with Crippen LogP contribution in [0.2, 0.25) is 0 Å². The number of hydrogen-bond acceptors (Lipinski definition) is 4. The van der Waals surface area contributed by atoms with Crippen molar-refractivity contribution in [2.24, 2.45) is 0 Å². The van der Waals surface area contributed by atoms with Gasteiger partial charge in [-0.3, -0.25) is 14.9 Å². The second kappa shape index (κ2) is 8.05. The molecule has 0 saturated carbocycles. The monoisotopic (exact) mass is 398 g/mol. The number of hydrogen-bond donors (Lipinski definition) is 1. The van der Waals surface area contributed by atoms with Gasteiger partial charge in [-0.15, -0.1) is 0 Å². The number of carbonyl (C=O) groups is 3. The average Bonchev–Trinajstić information content (AvgIpc) is 2.73. The van der Waals surface area contributed by atoms with Gasteiger partial charge in [-0.25, -0.2) is 9.69 Å². The molecule has 1 heterocycles. The molecule has 6 heteroatoms. The van der Waals surface area contributed by atoms with Crippen LogP contribution in [0.25, 0.3) is 6.08 Å². The molecule has 0 radical (unpaired) electrons. The van der Waals surface area contributed by atoms with Crippen molar-refractivity contribution in [2.45, 2.75) is 6.92 Å². The van der Waals surface area contributed by atoms with Crippen LogP contribution in [0.5, 0.6) is 11.5 Å². The van der Waals surface area contributed by atoms with E-state index in [1.807, 2.05) is 37.3 Å². The Morgan fingerprint density at radius 3 is 2.27 bits per heavy atom. The number of amides is 4. The van der Waals surface area contributed by atoms with E-state index in [-0.39, 0.29) is 5.57 Å². The number of rotatable bonds is 4. The molecule has 3 aromatic carbocycles. The molecule has 3 aromatic rings. The molecule has 0 bridgehead atoms. The lowest BCUT2D eigenvalue weighted by Crippen LogP contribution is -2.54. The first-order valence-corrected chi connectivity index (χ1v) is 9.32. The number of carbonyl (C=O) groups excluding carboxylic acids is 3. The summed E-state index contributed by atoms with van der Waals surface area (Å²) < 4.78 is 5.80. The number of nitrogens with zero attached hydrogens (tertiary/aromatic N) is 1. The topological polar surface area (TPSA) is 75.7 Å². The van der Waals surface area contributed by atoms with E-state index in [0.29, 0.717) is 22.7 Å². The van der Waals surface area contributed by atoms with Crippen LogP contribution >= 0.6 is 0 Å².